The number of hydrogen-bond acceptors (Lipinski definition) is 2. The minimum atomic E-state index is -0.528. The van der Waals surface area contributed by atoms with Gasteiger partial charge < -0.3 is 10.6 Å². The summed E-state index contributed by atoms with van der Waals surface area (Å²) in [6.45, 7) is 1.03. The van der Waals surface area contributed by atoms with Gasteiger partial charge in [0.2, 0.25) is 0 Å². The van der Waals surface area contributed by atoms with Gasteiger partial charge in [0.25, 0.3) is 0 Å². The maximum atomic E-state index is 13.7. The molecule has 1 aromatic carbocycles. The minimum absolute atomic E-state index is 0.0637. The molecule has 1 saturated heterocycles. The van der Waals surface area contributed by atoms with Crippen molar-refractivity contribution in [3.05, 3.63) is 35.4 Å². The predicted octanol–water partition coefficient (Wildman–Crippen LogP) is 2.37. The lowest BCUT2D eigenvalue weighted by Crippen LogP contribution is -2.29. The Labute approximate surface area is 100 Å². The quantitative estimate of drug-likeness (QED) is 0.844. The molecule has 0 saturated carbocycles. The molecule has 2 atom stereocenters. The number of rotatable bonds is 4. The van der Waals surface area contributed by atoms with Gasteiger partial charge in [-0.15, -0.1) is 0 Å². The normalized spacial score (nSPS) is 21.7. The van der Waals surface area contributed by atoms with E-state index in [1.807, 2.05) is 7.05 Å². The van der Waals surface area contributed by atoms with Crippen LogP contribution in [0.25, 0.3) is 0 Å². The van der Waals surface area contributed by atoms with Crippen molar-refractivity contribution in [2.24, 2.45) is 0 Å². The van der Waals surface area contributed by atoms with Gasteiger partial charge in [0.15, 0.2) is 0 Å². The third-order valence-electron chi connectivity index (χ3n) is 3.37. The number of halogens is 2. The van der Waals surface area contributed by atoms with Gasteiger partial charge in [-0.1, -0.05) is 6.07 Å². The van der Waals surface area contributed by atoms with Crippen LogP contribution >= 0.6 is 0 Å². The predicted molar refractivity (Wildman–Crippen MR) is 63.8 cm³/mol. The average molecular weight is 240 g/mol. The van der Waals surface area contributed by atoms with E-state index >= 15 is 0 Å². The molecule has 2 unspecified atom stereocenters. The Hall–Kier alpha value is -1.00. The second kappa shape index (κ2) is 5.56. The molecule has 2 rings (SSSR count). The van der Waals surface area contributed by atoms with Crippen LogP contribution in [0.15, 0.2) is 18.2 Å². The molecule has 1 heterocycles. The Morgan fingerprint density at radius 1 is 1.47 bits per heavy atom. The fraction of sp³-hybridized carbons (Fsp3) is 0.538. The van der Waals surface area contributed by atoms with Crippen molar-refractivity contribution in [1.29, 1.82) is 0 Å². The molecular weight excluding hydrogens is 222 g/mol. The summed E-state index contributed by atoms with van der Waals surface area (Å²) >= 11 is 0. The fourth-order valence-corrected chi connectivity index (χ4v) is 2.43. The summed E-state index contributed by atoms with van der Waals surface area (Å²) in [5.74, 6) is -0.998. The number of hydrogen-bond donors (Lipinski definition) is 2. The highest BCUT2D eigenvalue weighted by Crippen LogP contribution is 2.24. The van der Waals surface area contributed by atoms with Crippen LogP contribution in [0.2, 0.25) is 0 Å². The molecular formula is C13H18F2N2. The van der Waals surface area contributed by atoms with Gasteiger partial charge in [0.05, 0.1) is 0 Å². The number of nitrogens with one attached hydrogen (secondary N) is 2. The molecule has 2 nitrogen and oxygen atoms in total. The Morgan fingerprint density at radius 2 is 2.29 bits per heavy atom. The highest BCUT2D eigenvalue weighted by molar-refractivity contribution is 5.22. The van der Waals surface area contributed by atoms with Crippen molar-refractivity contribution in [3.8, 4) is 0 Å². The van der Waals surface area contributed by atoms with Gasteiger partial charge in [0, 0.05) is 23.7 Å². The van der Waals surface area contributed by atoms with Gasteiger partial charge in [-0.25, -0.2) is 8.78 Å². The van der Waals surface area contributed by atoms with Crippen molar-refractivity contribution in [1.82, 2.24) is 10.6 Å². The molecule has 0 amide bonds. The lowest BCUT2D eigenvalue weighted by molar-refractivity contribution is 0.436. The van der Waals surface area contributed by atoms with Crippen molar-refractivity contribution < 1.29 is 8.78 Å². The van der Waals surface area contributed by atoms with E-state index in [0.29, 0.717) is 11.6 Å². The Bertz CT molecular complexity index is 376. The van der Waals surface area contributed by atoms with Crippen molar-refractivity contribution >= 4 is 0 Å². The SMILES string of the molecule is CNC(CC1CCCN1)c1ccc(F)cc1F. The maximum Gasteiger partial charge on any atom is 0.130 e. The molecule has 0 aromatic heterocycles. The molecule has 0 aliphatic carbocycles. The molecule has 1 aliphatic heterocycles. The molecule has 0 bridgehead atoms. The van der Waals surface area contributed by atoms with Crippen LogP contribution in [0.5, 0.6) is 0 Å². The van der Waals surface area contributed by atoms with Crippen LogP contribution < -0.4 is 10.6 Å². The summed E-state index contributed by atoms with van der Waals surface area (Å²) in [4.78, 5) is 0. The summed E-state index contributed by atoms with van der Waals surface area (Å²) in [5, 5.41) is 6.49. The van der Waals surface area contributed by atoms with Crippen LogP contribution in [0.4, 0.5) is 8.78 Å². The largest absolute Gasteiger partial charge is 0.314 e. The van der Waals surface area contributed by atoms with Gasteiger partial charge in [0.1, 0.15) is 11.6 Å². The van der Waals surface area contributed by atoms with Crippen LogP contribution in [0.1, 0.15) is 30.9 Å². The van der Waals surface area contributed by atoms with E-state index in [4.69, 9.17) is 0 Å². The zero-order chi connectivity index (χ0) is 12.3. The second-order valence-corrected chi connectivity index (χ2v) is 4.54. The zero-order valence-electron chi connectivity index (χ0n) is 9.97. The first-order chi connectivity index (χ1) is 8.20. The van der Waals surface area contributed by atoms with E-state index in [-0.39, 0.29) is 6.04 Å². The van der Waals surface area contributed by atoms with Gasteiger partial charge >= 0.3 is 0 Å². The van der Waals surface area contributed by atoms with Crippen molar-refractivity contribution in [2.75, 3.05) is 13.6 Å². The first kappa shape index (κ1) is 12.5. The highest BCUT2D eigenvalue weighted by Gasteiger charge is 2.21. The second-order valence-electron chi connectivity index (χ2n) is 4.54. The van der Waals surface area contributed by atoms with Crippen LogP contribution in [0, 0.1) is 11.6 Å². The van der Waals surface area contributed by atoms with Crippen LogP contribution in [-0.4, -0.2) is 19.6 Å². The van der Waals surface area contributed by atoms with E-state index < -0.39 is 11.6 Å². The van der Waals surface area contributed by atoms with Gasteiger partial charge in [-0.05, 0) is 38.9 Å². The zero-order valence-corrected chi connectivity index (χ0v) is 9.97. The summed E-state index contributed by atoms with van der Waals surface area (Å²) in [6.07, 6.45) is 3.13. The highest BCUT2D eigenvalue weighted by atomic mass is 19.1. The first-order valence-electron chi connectivity index (χ1n) is 6.06. The topological polar surface area (TPSA) is 24.1 Å². The summed E-state index contributed by atoms with van der Waals surface area (Å²) in [5.41, 5.74) is 0.544. The fourth-order valence-electron chi connectivity index (χ4n) is 2.43. The van der Waals surface area contributed by atoms with Crippen molar-refractivity contribution in [3.63, 3.8) is 0 Å². The molecule has 1 aromatic rings. The summed E-state index contributed by atoms with van der Waals surface area (Å²) < 4.78 is 26.5. The monoisotopic (exact) mass is 240 g/mol. The van der Waals surface area contributed by atoms with E-state index in [2.05, 4.69) is 10.6 Å². The first-order valence-corrected chi connectivity index (χ1v) is 6.06. The third kappa shape index (κ3) is 3.01. The molecule has 94 valence electrons. The molecule has 1 fully saturated rings. The smallest absolute Gasteiger partial charge is 0.130 e. The van der Waals surface area contributed by atoms with E-state index in [9.17, 15) is 8.78 Å². The van der Waals surface area contributed by atoms with Gasteiger partial charge in [-0.3, -0.25) is 0 Å². The molecule has 0 spiro atoms. The molecule has 2 N–H and O–H groups in total. The summed E-state index contributed by atoms with van der Waals surface area (Å²) in [7, 11) is 1.81. The minimum Gasteiger partial charge on any atom is -0.314 e. The van der Waals surface area contributed by atoms with Crippen LogP contribution in [-0.2, 0) is 0 Å². The Kier molecular flexibility index (Phi) is 4.07. The average Bonchev–Trinajstić information content (AvgIpc) is 2.79. The molecule has 4 heteroatoms. The summed E-state index contributed by atoms with van der Waals surface area (Å²) in [6, 6.07) is 4.15. The Morgan fingerprint density at radius 3 is 2.88 bits per heavy atom. The lowest BCUT2D eigenvalue weighted by Gasteiger charge is -2.21. The van der Waals surface area contributed by atoms with Crippen molar-refractivity contribution in [2.45, 2.75) is 31.3 Å². The van der Waals surface area contributed by atoms with E-state index in [1.165, 1.54) is 18.6 Å². The number of benzene rings is 1. The van der Waals surface area contributed by atoms with Crippen LogP contribution in [0.3, 0.4) is 0 Å². The van der Waals surface area contributed by atoms with E-state index in [1.54, 1.807) is 0 Å². The maximum absolute atomic E-state index is 13.7. The van der Waals surface area contributed by atoms with Gasteiger partial charge in [-0.2, -0.15) is 0 Å². The molecule has 17 heavy (non-hydrogen) atoms. The molecule has 0 radical (unpaired) electrons. The standard InChI is InChI=1S/C13H18F2N2/c1-16-13(8-10-3-2-6-17-10)11-5-4-9(14)7-12(11)15/h4-5,7,10,13,16-17H,2-3,6,8H2,1H3. The molecule has 1 aliphatic rings. The Balaban J connectivity index is 2.10. The van der Waals surface area contributed by atoms with E-state index in [0.717, 1.165) is 25.5 Å². The lowest BCUT2D eigenvalue weighted by atomic mass is 9.98. The third-order valence-corrected chi connectivity index (χ3v) is 3.37.